The molecule has 1 N–H and O–H groups in total. The van der Waals surface area contributed by atoms with Crippen LogP contribution in [0.5, 0.6) is 0 Å². The minimum atomic E-state index is -0.791. The Labute approximate surface area is 103 Å². The molecule has 0 aliphatic rings. The number of nitrogens with zero attached hydrogens (tertiary/aromatic N) is 1. The van der Waals surface area contributed by atoms with Crippen molar-refractivity contribution in [3.8, 4) is 0 Å². The Morgan fingerprint density at radius 2 is 1.62 bits per heavy atom. The van der Waals surface area contributed by atoms with E-state index in [0.29, 0.717) is 5.92 Å². The van der Waals surface area contributed by atoms with Crippen LogP contribution in [0.15, 0.2) is 0 Å². The highest BCUT2D eigenvalue weighted by atomic mass is 32.1. The summed E-state index contributed by atoms with van der Waals surface area (Å²) in [5, 5.41) is 11.3. The van der Waals surface area contributed by atoms with Gasteiger partial charge < -0.3 is 5.11 Å². The van der Waals surface area contributed by atoms with Gasteiger partial charge in [-0.25, -0.2) is 4.98 Å². The molecular formula is C13H23NOS. The molecule has 1 heterocycles. The zero-order chi connectivity index (χ0) is 12.7. The number of hydrogen-bond acceptors (Lipinski definition) is 3. The molecule has 3 heteroatoms. The summed E-state index contributed by atoms with van der Waals surface area (Å²) in [7, 11) is 0. The van der Waals surface area contributed by atoms with Crippen molar-refractivity contribution in [2.45, 2.75) is 65.4 Å². The molecule has 0 aliphatic carbocycles. The lowest BCUT2D eigenvalue weighted by Crippen LogP contribution is -2.16. The average molecular weight is 241 g/mol. The van der Waals surface area contributed by atoms with Gasteiger partial charge >= 0.3 is 0 Å². The SMILES string of the molecule is CC(C)c1nc(C(C)(C)C)sc1C(C)(C)O. The molecule has 1 aromatic heterocycles. The fourth-order valence-electron chi connectivity index (χ4n) is 1.48. The van der Waals surface area contributed by atoms with E-state index in [1.165, 1.54) is 0 Å². The summed E-state index contributed by atoms with van der Waals surface area (Å²) in [5.74, 6) is 0.355. The van der Waals surface area contributed by atoms with Gasteiger partial charge in [0.05, 0.1) is 21.2 Å². The summed E-state index contributed by atoms with van der Waals surface area (Å²) >= 11 is 1.64. The van der Waals surface area contributed by atoms with Gasteiger partial charge in [0, 0.05) is 5.41 Å². The van der Waals surface area contributed by atoms with Crippen LogP contribution in [0, 0.1) is 0 Å². The standard InChI is InChI=1S/C13H23NOS/c1-8(2)9-10(13(6,7)15)16-11(14-9)12(3,4)5/h8,15H,1-7H3. The molecular weight excluding hydrogens is 218 g/mol. The molecule has 0 aromatic carbocycles. The van der Waals surface area contributed by atoms with E-state index < -0.39 is 5.60 Å². The zero-order valence-corrected chi connectivity index (χ0v) is 12.2. The van der Waals surface area contributed by atoms with Gasteiger partial charge in [-0.05, 0) is 19.8 Å². The molecule has 0 saturated carbocycles. The zero-order valence-electron chi connectivity index (χ0n) is 11.4. The molecule has 0 amide bonds. The van der Waals surface area contributed by atoms with Gasteiger partial charge in [-0.1, -0.05) is 34.6 Å². The third-order valence-electron chi connectivity index (χ3n) is 2.40. The molecule has 0 unspecified atom stereocenters. The van der Waals surface area contributed by atoms with E-state index in [1.54, 1.807) is 11.3 Å². The van der Waals surface area contributed by atoms with Gasteiger partial charge in [0.25, 0.3) is 0 Å². The van der Waals surface area contributed by atoms with E-state index >= 15 is 0 Å². The second kappa shape index (κ2) is 4.11. The molecule has 16 heavy (non-hydrogen) atoms. The number of aliphatic hydroxyl groups is 1. The third kappa shape index (κ3) is 2.83. The maximum Gasteiger partial charge on any atom is 0.0985 e. The van der Waals surface area contributed by atoms with Crippen molar-refractivity contribution in [3.63, 3.8) is 0 Å². The second-order valence-corrected chi connectivity index (χ2v) is 7.20. The Hall–Kier alpha value is -0.410. The fourth-order valence-corrected chi connectivity index (χ4v) is 2.76. The summed E-state index contributed by atoms with van der Waals surface area (Å²) in [6.07, 6.45) is 0. The van der Waals surface area contributed by atoms with Crippen LogP contribution in [0.2, 0.25) is 0 Å². The first-order valence-corrected chi connectivity index (χ1v) is 6.59. The molecule has 0 radical (unpaired) electrons. The van der Waals surface area contributed by atoms with E-state index in [4.69, 9.17) is 4.98 Å². The van der Waals surface area contributed by atoms with Crippen molar-refractivity contribution in [1.29, 1.82) is 0 Å². The molecule has 1 rings (SSSR count). The second-order valence-electron chi connectivity index (χ2n) is 6.20. The first-order valence-electron chi connectivity index (χ1n) is 5.77. The minimum Gasteiger partial charge on any atom is -0.385 e. The maximum absolute atomic E-state index is 10.2. The average Bonchev–Trinajstić information content (AvgIpc) is 2.44. The van der Waals surface area contributed by atoms with Gasteiger partial charge in [-0.15, -0.1) is 11.3 Å². The smallest absolute Gasteiger partial charge is 0.0985 e. The van der Waals surface area contributed by atoms with Crippen LogP contribution in [0.4, 0.5) is 0 Å². The molecule has 0 spiro atoms. The van der Waals surface area contributed by atoms with Crippen molar-refractivity contribution in [2.75, 3.05) is 0 Å². The summed E-state index contributed by atoms with van der Waals surface area (Å²) in [4.78, 5) is 5.71. The molecule has 0 atom stereocenters. The van der Waals surface area contributed by atoms with Crippen molar-refractivity contribution >= 4 is 11.3 Å². The van der Waals surface area contributed by atoms with E-state index in [9.17, 15) is 5.11 Å². The molecule has 1 aromatic rings. The Morgan fingerprint density at radius 3 is 1.88 bits per heavy atom. The molecule has 0 aliphatic heterocycles. The van der Waals surface area contributed by atoms with Gasteiger partial charge in [-0.2, -0.15) is 0 Å². The lowest BCUT2D eigenvalue weighted by atomic mass is 9.97. The Balaban J connectivity index is 3.32. The van der Waals surface area contributed by atoms with E-state index in [0.717, 1.165) is 15.6 Å². The highest BCUT2D eigenvalue weighted by molar-refractivity contribution is 7.12. The van der Waals surface area contributed by atoms with Gasteiger partial charge in [-0.3, -0.25) is 0 Å². The highest BCUT2D eigenvalue weighted by Crippen LogP contribution is 2.37. The van der Waals surface area contributed by atoms with Crippen LogP contribution in [0.25, 0.3) is 0 Å². The molecule has 92 valence electrons. The summed E-state index contributed by atoms with van der Waals surface area (Å²) in [5.41, 5.74) is 0.306. The van der Waals surface area contributed by atoms with Gasteiger partial charge in [0.1, 0.15) is 0 Å². The third-order valence-corrected chi connectivity index (χ3v) is 4.21. The van der Waals surface area contributed by atoms with Crippen LogP contribution in [0.1, 0.15) is 70.0 Å². The minimum absolute atomic E-state index is 0.0534. The summed E-state index contributed by atoms with van der Waals surface area (Å²) < 4.78 is 0. The highest BCUT2D eigenvalue weighted by Gasteiger charge is 2.29. The largest absolute Gasteiger partial charge is 0.385 e. The topological polar surface area (TPSA) is 33.1 Å². The first kappa shape index (κ1) is 13.7. The van der Waals surface area contributed by atoms with Crippen molar-refractivity contribution in [1.82, 2.24) is 4.98 Å². The van der Waals surface area contributed by atoms with Gasteiger partial charge in [0.15, 0.2) is 0 Å². The Bertz CT molecular complexity index is 366. The van der Waals surface area contributed by atoms with Crippen molar-refractivity contribution in [3.05, 3.63) is 15.6 Å². The Morgan fingerprint density at radius 1 is 1.12 bits per heavy atom. The van der Waals surface area contributed by atoms with Crippen molar-refractivity contribution < 1.29 is 5.11 Å². The number of aromatic nitrogens is 1. The van der Waals surface area contributed by atoms with E-state index in [-0.39, 0.29) is 5.41 Å². The predicted molar refractivity (Wildman–Crippen MR) is 70.1 cm³/mol. The lowest BCUT2D eigenvalue weighted by Gasteiger charge is -2.18. The molecule has 0 saturated heterocycles. The van der Waals surface area contributed by atoms with Crippen LogP contribution >= 0.6 is 11.3 Å². The first-order chi connectivity index (χ1) is 7.03. The quantitative estimate of drug-likeness (QED) is 0.854. The molecule has 2 nitrogen and oxygen atoms in total. The van der Waals surface area contributed by atoms with Crippen LogP contribution in [-0.4, -0.2) is 10.1 Å². The van der Waals surface area contributed by atoms with Crippen molar-refractivity contribution in [2.24, 2.45) is 0 Å². The van der Waals surface area contributed by atoms with Crippen LogP contribution in [0.3, 0.4) is 0 Å². The number of thiazole rings is 1. The summed E-state index contributed by atoms with van der Waals surface area (Å²) in [6, 6.07) is 0. The Kier molecular flexibility index (Phi) is 3.51. The predicted octanol–water partition coefficient (Wildman–Crippen LogP) is 3.79. The van der Waals surface area contributed by atoms with E-state index in [2.05, 4.69) is 34.6 Å². The number of rotatable bonds is 2. The number of hydrogen-bond donors (Lipinski definition) is 1. The molecule has 0 bridgehead atoms. The summed E-state index contributed by atoms with van der Waals surface area (Å²) in [6.45, 7) is 14.4. The van der Waals surface area contributed by atoms with E-state index in [1.807, 2.05) is 13.8 Å². The lowest BCUT2D eigenvalue weighted by molar-refractivity contribution is 0.0811. The van der Waals surface area contributed by atoms with Crippen LogP contribution < -0.4 is 0 Å². The molecule has 0 fully saturated rings. The monoisotopic (exact) mass is 241 g/mol. The van der Waals surface area contributed by atoms with Gasteiger partial charge in [0.2, 0.25) is 0 Å². The fraction of sp³-hybridized carbons (Fsp3) is 0.769. The van der Waals surface area contributed by atoms with Crippen LogP contribution in [-0.2, 0) is 11.0 Å². The maximum atomic E-state index is 10.2. The normalized spacial score (nSPS) is 13.6.